The van der Waals surface area contributed by atoms with Crippen LogP contribution < -0.4 is 5.43 Å². The first kappa shape index (κ1) is 23.2. The van der Waals surface area contributed by atoms with Crippen LogP contribution in [0.15, 0.2) is 0 Å². The second kappa shape index (κ2) is 8.58. The van der Waals surface area contributed by atoms with Gasteiger partial charge in [-0.2, -0.15) is 0 Å². The maximum absolute atomic E-state index is 14.3. The molecule has 1 spiro atoms. The van der Waals surface area contributed by atoms with E-state index >= 15 is 0 Å². The van der Waals surface area contributed by atoms with Gasteiger partial charge < -0.3 is 14.2 Å². The molecule has 5 fully saturated rings. The SMILES string of the molecule is COC1CC(OC)C2C(=O)[C@@]3(OC2C1Cl)C(=O)C1C(C[C@H]3C)NN(C)C1C1CCCCC1. The Kier molecular flexibility index (Phi) is 6.22. The average molecular weight is 469 g/mol. The number of alkyl halides is 1. The van der Waals surface area contributed by atoms with Crippen LogP contribution in [0.25, 0.3) is 0 Å². The number of hydrogen-bond acceptors (Lipinski definition) is 7. The van der Waals surface area contributed by atoms with Crippen molar-refractivity contribution in [1.29, 1.82) is 0 Å². The number of carbonyl (C=O) groups excluding carboxylic acids is 2. The summed E-state index contributed by atoms with van der Waals surface area (Å²) in [5, 5.41) is 1.67. The van der Waals surface area contributed by atoms with Crippen molar-refractivity contribution in [1.82, 2.24) is 10.4 Å². The van der Waals surface area contributed by atoms with Crippen molar-refractivity contribution in [2.75, 3.05) is 21.3 Å². The van der Waals surface area contributed by atoms with E-state index in [9.17, 15) is 9.59 Å². The highest BCUT2D eigenvalue weighted by Crippen LogP contribution is 2.53. The summed E-state index contributed by atoms with van der Waals surface area (Å²) in [7, 11) is 5.28. The number of fused-ring (bicyclic) bond motifs is 2. The van der Waals surface area contributed by atoms with Gasteiger partial charge in [0.1, 0.15) is 0 Å². The van der Waals surface area contributed by atoms with Gasteiger partial charge in [0, 0.05) is 45.7 Å². The van der Waals surface area contributed by atoms with Crippen LogP contribution in [0.5, 0.6) is 0 Å². The lowest BCUT2D eigenvalue weighted by Gasteiger charge is -2.44. The summed E-state index contributed by atoms with van der Waals surface area (Å²) < 4.78 is 17.8. The fraction of sp³-hybridized carbons (Fsp3) is 0.917. The number of rotatable bonds is 3. The molecule has 0 aromatic heterocycles. The summed E-state index contributed by atoms with van der Waals surface area (Å²) in [6.07, 6.45) is 6.02. The first-order chi connectivity index (χ1) is 15.3. The van der Waals surface area contributed by atoms with Crippen molar-refractivity contribution in [3.05, 3.63) is 0 Å². The van der Waals surface area contributed by atoms with Crippen LogP contribution in [0.1, 0.15) is 51.9 Å². The number of methoxy groups -OCH3 is 2. The minimum absolute atomic E-state index is 0.0410. The van der Waals surface area contributed by atoms with Gasteiger partial charge in [-0.3, -0.25) is 15.0 Å². The molecule has 0 aromatic carbocycles. The van der Waals surface area contributed by atoms with Crippen LogP contribution in [-0.2, 0) is 23.8 Å². The van der Waals surface area contributed by atoms with Gasteiger partial charge in [-0.15, -0.1) is 11.6 Å². The van der Waals surface area contributed by atoms with E-state index < -0.39 is 23.0 Å². The van der Waals surface area contributed by atoms with Crippen LogP contribution in [-0.4, -0.2) is 79.2 Å². The zero-order valence-electron chi connectivity index (χ0n) is 19.6. The summed E-state index contributed by atoms with van der Waals surface area (Å²) >= 11 is 6.76. The van der Waals surface area contributed by atoms with Crippen molar-refractivity contribution in [3.8, 4) is 0 Å². The molecule has 3 aliphatic carbocycles. The Morgan fingerprint density at radius 2 is 1.69 bits per heavy atom. The standard InChI is InChI=1S/C24H37ClN2O5/c1-12-10-14-17(20(27(2)26-14)13-8-6-5-7-9-13)22(28)24(12)23(29)18-15(30-3)11-16(31-4)19(25)21(18)32-24/h12-21,26H,5-11H2,1-4H3/t12-,14?,15?,16?,17?,18?,19?,20?,21?,24+/m1/s1. The fourth-order valence-electron chi connectivity index (χ4n) is 7.68. The molecule has 2 saturated heterocycles. The van der Waals surface area contributed by atoms with Gasteiger partial charge in [0.2, 0.25) is 0 Å². The predicted molar refractivity (Wildman–Crippen MR) is 119 cm³/mol. The summed E-state index contributed by atoms with van der Waals surface area (Å²) in [6.45, 7) is 1.98. The monoisotopic (exact) mass is 468 g/mol. The van der Waals surface area contributed by atoms with Crippen LogP contribution >= 0.6 is 11.6 Å². The van der Waals surface area contributed by atoms with Gasteiger partial charge in [0.05, 0.1) is 35.5 Å². The van der Waals surface area contributed by atoms with Crippen LogP contribution in [0.4, 0.5) is 0 Å². The Morgan fingerprint density at radius 1 is 1.03 bits per heavy atom. The Bertz CT molecular complexity index is 761. The number of nitrogens with one attached hydrogen (secondary N) is 1. The topological polar surface area (TPSA) is 77.1 Å². The third-order valence-electron chi connectivity index (χ3n) is 9.21. The largest absolute Gasteiger partial charge is 0.380 e. The van der Waals surface area contributed by atoms with Crippen molar-refractivity contribution in [2.24, 2.45) is 23.7 Å². The molecule has 10 atom stereocenters. The van der Waals surface area contributed by atoms with Gasteiger partial charge in [0.25, 0.3) is 0 Å². The van der Waals surface area contributed by atoms with Crippen molar-refractivity contribution >= 4 is 23.2 Å². The van der Waals surface area contributed by atoms with Crippen molar-refractivity contribution in [3.63, 3.8) is 0 Å². The van der Waals surface area contributed by atoms with E-state index in [2.05, 4.69) is 17.5 Å². The van der Waals surface area contributed by atoms with Gasteiger partial charge >= 0.3 is 0 Å². The van der Waals surface area contributed by atoms with Gasteiger partial charge in [0.15, 0.2) is 17.2 Å². The molecule has 1 N–H and O–H groups in total. The second-order valence-corrected chi connectivity index (χ2v) is 11.2. The first-order valence-electron chi connectivity index (χ1n) is 12.3. The molecule has 8 unspecified atom stereocenters. The van der Waals surface area contributed by atoms with Crippen molar-refractivity contribution < 1.29 is 23.8 Å². The number of halogens is 1. The minimum Gasteiger partial charge on any atom is -0.380 e. The molecular formula is C24H37ClN2O5. The van der Waals surface area contributed by atoms with Gasteiger partial charge in [-0.25, -0.2) is 5.01 Å². The molecule has 0 amide bonds. The number of hydrazine groups is 1. The maximum Gasteiger partial charge on any atom is 0.188 e. The molecule has 5 rings (SSSR count). The third kappa shape index (κ3) is 3.18. The van der Waals surface area contributed by atoms with Crippen LogP contribution in [0.3, 0.4) is 0 Å². The molecule has 180 valence electrons. The third-order valence-corrected chi connectivity index (χ3v) is 9.73. The van der Waals surface area contributed by atoms with E-state index in [0.717, 1.165) is 19.3 Å². The zero-order valence-corrected chi connectivity index (χ0v) is 20.3. The number of ketones is 2. The molecule has 2 aliphatic heterocycles. The lowest BCUT2D eigenvalue weighted by atomic mass is 9.61. The highest BCUT2D eigenvalue weighted by atomic mass is 35.5. The molecule has 0 radical (unpaired) electrons. The van der Waals surface area contributed by atoms with E-state index in [-0.39, 0.29) is 47.7 Å². The number of hydrogen-bond donors (Lipinski definition) is 1. The molecule has 0 bridgehead atoms. The van der Waals surface area contributed by atoms with Crippen LogP contribution in [0, 0.1) is 23.7 Å². The summed E-state index contributed by atoms with van der Waals surface area (Å²) in [6, 6.07) is 0.156. The quantitative estimate of drug-likeness (QED) is 0.503. The van der Waals surface area contributed by atoms with E-state index in [0.29, 0.717) is 12.3 Å². The van der Waals surface area contributed by atoms with E-state index in [4.69, 9.17) is 25.8 Å². The number of Topliss-reactive ketones (excluding diaryl/α,β-unsaturated/α-hetero) is 2. The Hall–Kier alpha value is -0.570. The van der Waals surface area contributed by atoms with E-state index in [1.807, 2.05) is 6.92 Å². The summed E-state index contributed by atoms with van der Waals surface area (Å²) in [4.78, 5) is 28.4. The molecule has 2 heterocycles. The number of carbonyl (C=O) groups is 2. The predicted octanol–water partition coefficient (Wildman–Crippen LogP) is 2.34. The first-order valence-corrected chi connectivity index (χ1v) is 12.7. The van der Waals surface area contributed by atoms with Gasteiger partial charge in [-0.05, 0) is 25.2 Å². The lowest BCUT2D eigenvalue weighted by Crippen LogP contribution is -2.62. The van der Waals surface area contributed by atoms with Crippen molar-refractivity contribution in [2.45, 2.75) is 93.2 Å². The smallest absolute Gasteiger partial charge is 0.188 e. The summed E-state index contributed by atoms with van der Waals surface area (Å²) in [5.41, 5.74) is 2.14. The molecular weight excluding hydrogens is 432 g/mol. The molecule has 7 nitrogen and oxygen atoms in total. The van der Waals surface area contributed by atoms with Crippen LogP contribution in [0.2, 0.25) is 0 Å². The average Bonchev–Trinajstić information content (AvgIpc) is 3.29. The zero-order chi connectivity index (χ0) is 22.8. The number of nitrogens with zero attached hydrogens (tertiary/aromatic N) is 1. The fourth-order valence-corrected chi connectivity index (χ4v) is 8.09. The highest BCUT2D eigenvalue weighted by Gasteiger charge is 2.71. The molecule has 8 heteroatoms. The molecule has 0 aromatic rings. The maximum atomic E-state index is 14.3. The lowest BCUT2D eigenvalue weighted by molar-refractivity contribution is -0.170. The Labute approximate surface area is 195 Å². The molecule has 5 aliphatic rings. The normalized spacial score (nSPS) is 50.1. The number of ether oxygens (including phenoxy) is 3. The minimum atomic E-state index is -1.43. The highest BCUT2D eigenvalue weighted by molar-refractivity contribution is 6.23. The second-order valence-electron chi connectivity index (χ2n) is 10.7. The summed E-state index contributed by atoms with van der Waals surface area (Å²) in [5.74, 6) is -0.686. The van der Waals surface area contributed by atoms with E-state index in [1.165, 1.54) is 19.3 Å². The Morgan fingerprint density at radius 3 is 2.34 bits per heavy atom. The Balaban J connectivity index is 1.50. The molecule has 3 saturated carbocycles. The molecule has 32 heavy (non-hydrogen) atoms. The van der Waals surface area contributed by atoms with Gasteiger partial charge in [-0.1, -0.05) is 26.2 Å². The van der Waals surface area contributed by atoms with E-state index in [1.54, 1.807) is 14.2 Å².